The molecule has 0 N–H and O–H groups in total. The molecule has 3 rings (SSSR count). The predicted molar refractivity (Wildman–Crippen MR) is 112 cm³/mol. The zero-order valence-electron chi connectivity index (χ0n) is 17.0. The molecule has 1 heterocycles. The summed E-state index contributed by atoms with van der Waals surface area (Å²) < 4.78 is 10.3. The van der Waals surface area contributed by atoms with Crippen LogP contribution in [-0.2, 0) is 9.59 Å². The second-order valence-corrected chi connectivity index (χ2v) is 6.81. The fourth-order valence-electron chi connectivity index (χ4n) is 3.24. The first-order valence-electron chi connectivity index (χ1n) is 9.65. The molecule has 0 saturated carbocycles. The van der Waals surface area contributed by atoms with E-state index in [0.717, 1.165) is 5.56 Å². The largest absolute Gasteiger partial charge is 0.496 e. The van der Waals surface area contributed by atoms with Crippen molar-refractivity contribution in [2.45, 2.75) is 6.92 Å². The number of nitrogens with zero attached hydrogens (tertiary/aromatic N) is 2. The number of rotatable bonds is 5. The van der Waals surface area contributed by atoms with Gasteiger partial charge in [0.25, 0.3) is 5.91 Å². The summed E-state index contributed by atoms with van der Waals surface area (Å²) in [6.07, 6.45) is 3.26. The molecule has 0 spiro atoms. The van der Waals surface area contributed by atoms with Crippen molar-refractivity contribution in [3.8, 4) is 11.5 Å². The van der Waals surface area contributed by atoms with Crippen LogP contribution in [0.1, 0.15) is 22.8 Å². The van der Waals surface area contributed by atoms with Gasteiger partial charge in [-0.25, -0.2) is 0 Å². The Morgan fingerprint density at radius 3 is 2.33 bits per heavy atom. The molecular formula is C23H24N2O5. The van der Waals surface area contributed by atoms with Crippen LogP contribution in [0.25, 0.3) is 6.08 Å². The number of hydrogen-bond donors (Lipinski definition) is 0. The highest BCUT2D eigenvalue weighted by molar-refractivity contribution is 5.95. The Labute approximate surface area is 175 Å². The summed E-state index contributed by atoms with van der Waals surface area (Å²) in [6.45, 7) is 3.08. The zero-order valence-corrected chi connectivity index (χ0v) is 17.0. The SMILES string of the molecule is COc1ccccc1/C=C/C(=O)N1CCN(C(=O)c2cccc(OC(C)=O)c2)CC1. The van der Waals surface area contributed by atoms with Crippen LogP contribution in [0.2, 0.25) is 0 Å². The van der Waals surface area contributed by atoms with Gasteiger partial charge >= 0.3 is 5.97 Å². The molecule has 156 valence electrons. The van der Waals surface area contributed by atoms with Crippen molar-refractivity contribution in [1.29, 1.82) is 0 Å². The number of ether oxygens (including phenoxy) is 2. The maximum atomic E-state index is 12.7. The van der Waals surface area contributed by atoms with Gasteiger partial charge in [-0.3, -0.25) is 14.4 Å². The predicted octanol–water partition coefficient (Wildman–Crippen LogP) is 2.62. The van der Waals surface area contributed by atoms with Gasteiger partial charge in [0, 0.05) is 50.3 Å². The summed E-state index contributed by atoms with van der Waals surface area (Å²) in [7, 11) is 1.59. The Morgan fingerprint density at radius 2 is 1.63 bits per heavy atom. The Kier molecular flexibility index (Phi) is 6.85. The van der Waals surface area contributed by atoms with E-state index < -0.39 is 5.97 Å². The van der Waals surface area contributed by atoms with Crippen molar-refractivity contribution in [1.82, 2.24) is 9.80 Å². The second-order valence-electron chi connectivity index (χ2n) is 6.81. The lowest BCUT2D eigenvalue weighted by atomic mass is 10.1. The quantitative estimate of drug-likeness (QED) is 0.432. The van der Waals surface area contributed by atoms with Crippen LogP contribution in [0.5, 0.6) is 11.5 Å². The molecule has 0 unspecified atom stereocenters. The number of carbonyl (C=O) groups is 3. The Hall–Kier alpha value is -3.61. The van der Waals surface area contributed by atoms with Gasteiger partial charge in [0.2, 0.25) is 5.91 Å². The summed E-state index contributed by atoms with van der Waals surface area (Å²) in [4.78, 5) is 39.8. The standard InChI is InChI=1S/C23H24N2O5/c1-17(26)30-20-8-5-7-19(16-20)23(28)25-14-12-24(13-15-25)22(27)11-10-18-6-3-4-9-21(18)29-2/h3-11,16H,12-15H2,1-2H3/b11-10+. The Balaban J connectivity index is 1.58. The summed E-state index contributed by atoms with van der Waals surface area (Å²) in [5.74, 6) is 0.343. The minimum Gasteiger partial charge on any atom is -0.496 e. The van der Waals surface area contributed by atoms with E-state index in [1.54, 1.807) is 47.3 Å². The molecule has 0 atom stereocenters. The third-order valence-corrected chi connectivity index (χ3v) is 4.77. The molecule has 2 amide bonds. The van der Waals surface area contributed by atoms with E-state index in [1.807, 2.05) is 24.3 Å². The molecule has 1 fully saturated rings. The highest BCUT2D eigenvalue weighted by Crippen LogP contribution is 2.19. The van der Waals surface area contributed by atoms with Gasteiger partial charge in [-0.15, -0.1) is 0 Å². The summed E-state index contributed by atoms with van der Waals surface area (Å²) in [5, 5.41) is 0. The number of para-hydroxylation sites is 1. The Morgan fingerprint density at radius 1 is 0.933 bits per heavy atom. The number of carbonyl (C=O) groups excluding carboxylic acids is 3. The van der Waals surface area contributed by atoms with Crippen molar-refractivity contribution in [2.75, 3.05) is 33.3 Å². The lowest BCUT2D eigenvalue weighted by Crippen LogP contribution is -2.50. The number of hydrogen-bond acceptors (Lipinski definition) is 5. The Bertz CT molecular complexity index is 962. The molecule has 0 radical (unpaired) electrons. The molecule has 1 aliphatic heterocycles. The average Bonchev–Trinajstić information content (AvgIpc) is 2.77. The molecule has 30 heavy (non-hydrogen) atoms. The maximum absolute atomic E-state index is 12.7. The molecule has 0 aromatic heterocycles. The van der Waals surface area contributed by atoms with E-state index >= 15 is 0 Å². The van der Waals surface area contributed by atoms with Crippen LogP contribution in [0.15, 0.2) is 54.6 Å². The molecule has 2 aromatic rings. The number of esters is 1. The maximum Gasteiger partial charge on any atom is 0.308 e. The van der Waals surface area contributed by atoms with Gasteiger partial charge < -0.3 is 19.3 Å². The monoisotopic (exact) mass is 408 g/mol. The minimum absolute atomic E-state index is 0.107. The third-order valence-electron chi connectivity index (χ3n) is 4.77. The van der Waals surface area contributed by atoms with Crippen LogP contribution in [-0.4, -0.2) is 60.9 Å². The van der Waals surface area contributed by atoms with Crippen molar-refractivity contribution < 1.29 is 23.9 Å². The molecule has 0 aliphatic carbocycles. The van der Waals surface area contributed by atoms with Gasteiger partial charge in [-0.2, -0.15) is 0 Å². The molecule has 7 nitrogen and oxygen atoms in total. The summed E-state index contributed by atoms with van der Waals surface area (Å²) in [6, 6.07) is 14.0. The molecular weight excluding hydrogens is 384 g/mol. The lowest BCUT2D eigenvalue weighted by molar-refractivity contribution is -0.132. The highest BCUT2D eigenvalue weighted by atomic mass is 16.5. The number of piperazine rings is 1. The molecule has 0 bridgehead atoms. The number of methoxy groups -OCH3 is 1. The molecule has 7 heteroatoms. The number of benzene rings is 2. The van der Waals surface area contributed by atoms with E-state index in [9.17, 15) is 14.4 Å². The van der Waals surface area contributed by atoms with Gasteiger partial charge in [-0.05, 0) is 30.3 Å². The van der Waals surface area contributed by atoms with E-state index in [0.29, 0.717) is 43.2 Å². The summed E-state index contributed by atoms with van der Waals surface area (Å²) in [5.41, 5.74) is 1.28. The van der Waals surface area contributed by atoms with E-state index in [1.165, 1.54) is 13.0 Å². The fraction of sp³-hybridized carbons (Fsp3) is 0.261. The smallest absolute Gasteiger partial charge is 0.308 e. The van der Waals surface area contributed by atoms with Crippen LogP contribution in [0.3, 0.4) is 0 Å². The van der Waals surface area contributed by atoms with Crippen LogP contribution >= 0.6 is 0 Å². The molecule has 1 aliphatic rings. The topological polar surface area (TPSA) is 76.2 Å². The third kappa shape index (κ3) is 5.26. The summed E-state index contributed by atoms with van der Waals surface area (Å²) >= 11 is 0. The first kappa shape index (κ1) is 21.1. The number of amides is 2. The van der Waals surface area contributed by atoms with Crippen LogP contribution in [0.4, 0.5) is 0 Å². The van der Waals surface area contributed by atoms with Gasteiger partial charge in [0.05, 0.1) is 7.11 Å². The van der Waals surface area contributed by atoms with Crippen LogP contribution in [0, 0.1) is 0 Å². The normalized spacial score (nSPS) is 13.9. The molecule has 1 saturated heterocycles. The highest BCUT2D eigenvalue weighted by Gasteiger charge is 2.24. The van der Waals surface area contributed by atoms with E-state index in [2.05, 4.69) is 0 Å². The molecule has 2 aromatic carbocycles. The first-order chi connectivity index (χ1) is 14.5. The van der Waals surface area contributed by atoms with Gasteiger partial charge in [0.15, 0.2) is 0 Å². The van der Waals surface area contributed by atoms with Crippen molar-refractivity contribution in [2.24, 2.45) is 0 Å². The van der Waals surface area contributed by atoms with Gasteiger partial charge in [0.1, 0.15) is 11.5 Å². The average molecular weight is 408 g/mol. The fourth-order valence-corrected chi connectivity index (χ4v) is 3.24. The van der Waals surface area contributed by atoms with Crippen molar-refractivity contribution >= 4 is 23.9 Å². The van der Waals surface area contributed by atoms with Crippen LogP contribution < -0.4 is 9.47 Å². The van der Waals surface area contributed by atoms with E-state index in [4.69, 9.17) is 9.47 Å². The van der Waals surface area contributed by atoms with Gasteiger partial charge in [-0.1, -0.05) is 24.3 Å². The second kappa shape index (κ2) is 9.73. The minimum atomic E-state index is -0.437. The van der Waals surface area contributed by atoms with Crippen molar-refractivity contribution in [3.05, 3.63) is 65.7 Å². The lowest BCUT2D eigenvalue weighted by Gasteiger charge is -2.34. The van der Waals surface area contributed by atoms with Crippen molar-refractivity contribution in [3.63, 3.8) is 0 Å². The van der Waals surface area contributed by atoms with E-state index in [-0.39, 0.29) is 11.8 Å². The zero-order chi connectivity index (χ0) is 21.5. The first-order valence-corrected chi connectivity index (χ1v) is 9.65.